The number of hydrogen-bond donors (Lipinski definition) is 0. The predicted octanol–water partition coefficient (Wildman–Crippen LogP) is 21.4. The van der Waals surface area contributed by atoms with Crippen LogP contribution < -0.4 is 42.6 Å². The summed E-state index contributed by atoms with van der Waals surface area (Å²) in [5.74, 6) is 0. The normalized spacial score (nSPS) is 14.0. The number of rotatable bonds is 4. The summed E-state index contributed by atoms with van der Waals surface area (Å²) in [6, 6.07) is 127. The van der Waals surface area contributed by atoms with E-state index in [9.17, 15) is 0 Å². The third-order valence-electron chi connectivity index (χ3n) is 24.9. The molecule has 0 atom stereocenters. The van der Waals surface area contributed by atoms with Gasteiger partial charge >= 0.3 is 0 Å². The molecule has 0 saturated carbocycles. The van der Waals surface area contributed by atoms with E-state index in [0.29, 0.717) is 0 Å². The van der Waals surface area contributed by atoms with Crippen LogP contribution in [0.5, 0.6) is 0 Å². The molecule has 26 rings (SSSR count). The Morgan fingerprint density at radius 2 is 0.519 bits per heavy atom. The molecule has 0 fully saturated rings. The van der Waals surface area contributed by atoms with Gasteiger partial charge in [-0.05, 0) is 175 Å². The topological polar surface area (TPSA) is 26.2 Å². The highest BCUT2D eigenvalue weighted by molar-refractivity contribution is 7.99. The first kappa shape index (κ1) is 59.1. The van der Waals surface area contributed by atoms with Crippen LogP contribution in [0.15, 0.2) is 350 Å². The van der Waals surface area contributed by atoms with E-state index in [1.165, 1.54) is 209 Å². The summed E-state index contributed by atoms with van der Waals surface area (Å²) in [5.41, 5.74) is 38.4. The molecule has 0 saturated heterocycles. The highest BCUT2D eigenvalue weighted by Gasteiger charge is 2.44. The molecule has 9 heteroatoms. The Bertz CT molecular complexity index is 7030. The van der Waals surface area contributed by atoms with E-state index in [1.54, 1.807) is 0 Å². The van der Waals surface area contributed by atoms with E-state index < -0.39 is 0 Å². The Kier molecular flexibility index (Phi) is 11.8. The molecule has 108 heavy (non-hydrogen) atoms. The quantitative estimate of drug-likeness (QED) is 0.164. The van der Waals surface area contributed by atoms with E-state index in [1.807, 2.05) is 11.8 Å². The second-order valence-corrected chi connectivity index (χ2v) is 31.7. The standard InChI is InChI=1S/C51H34BN3.C48H28BN3S/c1-51(2)38-17-5-9-23-44(38)53(45-24-10-6-18-39(45)51)33-27-25-31(26-28-33)32-29-46-48-47(30-32)55-43-22-8-4-14-35(43)37-16-12-20-41(50(37)55)52(48)40-19-11-15-36-34-13-3-7-21-42(34)54(46)49(36)40;1-3-17-38-32(11-1)34-13-9-15-36-47(34)51(38)42-27-30(28-43-46(42)49(36)37-16-10-14-35-33-12-2-4-18-39(33)52(43)48(35)37)29-23-25-31(26-24-29)50-40-19-5-7-21-44(40)53-45-22-8-6-20-41(45)50/h3-30H,1-2H3;1-28H. The molecule has 0 amide bonds. The minimum atomic E-state index is -0.0919. The summed E-state index contributed by atoms with van der Waals surface area (Å²) in [6.07, 6.45) is 0. The van der Waals surface area contributed by atoms with Crippen molar-refractivity contribution in [3.05, 3.63) is 351 Å². The lowest BCUT2D eigenvalue weighted by Gasteiger charge is -2.42. The van der Waals surface area contributed by atoms with Gasteiger partial charge in [0.15, 0.2) is 0 Å². The largest absolute Gasteiger partial charge is 0.310 e. The van der Waals surface area contributed by atoms with Gasteiger partial charge in [0.1, 0.15) is 0 Å². The van der Waals surface area contributed by atoms with Crippen molar-refractivity contribution < 1.29 is 0 Å². The fourth-order valence-corrected chi connectivity index (χ4v) is 21.6. The fraction of sp³-hybridized carbons (Fsp3) is 0.0303. The van der Waals surface area contributed by atoms with Crippen LogP contribution in [0.2, 0.25) is 0 Å². The SMILES string of the molecule is CC1(C)c2ccccc2N(c2ccc(-c3cc4c5c(c3)-n3c6ccccc6c6cccc(c63)B5c3cccc5c6ccccc6n-4c35)cc2)c2ccccc21.c1ccc2c(c1)Sc1ccccc1N2c1ccc(-c2cc3c4c(c2)-n2c5ccccc5c5cccc(c52)B4c2cccc4c5ccccc5n-3c24)cc1. The van der Waals surface area contributed by atoms with Crippen LogP contribution in [0.4, 0.5) is 34.1 Å². The Labute approximate surface area is 628 Å². The average molecular weight is 1390 g/mol. The number of aromatic nitrogens is 4. The van der Waals surface area contributed by atoms with Crippen molar-refractivity contribution in [3.8, 4) is 45.0 Å². The van der Waals surface area contributed by atoms with Gasteiger partial charge in [0.25, 0.3) is 13.4 Å². The Hall–Kier alpha value is -13.2. The third-order valence-corrected chi connectivity index (χ3v) is 26.1. The van der Waals surface area contributed by atoms with Crippen molar-refractivity contribution in [2.75, 3.05) is 9.80 Å². The van der Waals surface area contributed by atoms with Crippen molar-refractivity contribution in [1.82, 2.24) is 18.3 Å². The van der Waals surface area contributed by atoms with Crippen LogP contribution in [-0.2, 0) is 5.41 Å². The molecule has 500 valence electrons. The van der Waals surface area contributed by atoms with Gasteiger partial charge in [0.2, 0.25) is 0 Å². The maximum Gasteiger partial charge on any atom is 0.252 e. The molecule has 0 aliphatic carbocycles. The van der Waals surface area contributed by atoms with E-state index in [2.05, 4.69) is 382 Å². The number of anilines is 6. The summed E-state index contributed by atoms with van der Waals surface area (Å²) in [4.78, 5) is 7.40. The van der Waals surface area contributed by atoms with E-state index >= 15 is 0 Å². The third kappa shape index (κ3) is 7.69. The lowest BCUT2D eigenvalue weighted by Crippen LogP contribution is -2.59. The number of benzene rings is 16. The van der Waals surface area contributed by atoms with Gasteiger partial charge in [0.05, 0.1) is 44.8 Å². The van der Waals surface area contributed by atoms with Crippen molar-refractivity contribution in [2.45, 2.75) is 29.1 Å². The van der Waals surface area contributed by atoms with Crippen LogP contribution in [-0.4, -0.2) is 31.7 Å². The van der Waals surface area contributed by atoms with Crippen LogP contribution >= 0.6 is 11.8 Å². The van der Waals surface area contributed by atoms with Crippen molar-refractivity contribution in [2.24, 2.45) is 0 Å². The van der Waals surface area contributed by atoms with Gasteiger partial charge in [0, 0.05) is 114 Å². The van der Waals surface area contributed by atoms with Crippen molar-refractivity contribution in [3.63, 3.8) is 0 Å². The lowest BCUT2D eigenvalue weighted by molar-refractivity contribution is 0.632. The molecule has 6 aliphatic heterocycles. The van der Waals surface area contributed by atoms with Crippen molar-refractivity contribution >= 4 is 179 Å². The van der Waals surface area contributed by atoms with E-state index in [-0.39, 0.29) is 18.8 Å². The van der Waals surface area contributed by atoms with Gasteiger partial charge in [-0.25, -0.2) is 0 Å². The molecule has 20 aromatic rings. The first-order valence-electron chi connectivity index (χ1n) is 37.7. The van der Waals surface area contributed by atoms with Crippen LogP contribution in [0.1, 0.15) is 25.0 Å². The Balaban J connectivity index is 0.000000124. The first-order chi connectivity index (χ1) is 53.4. The maximum atomic E-state index is 2.56. The smallest absolute Gasteiger partial charge is 0.252 e. The summed E-state index contributed by atoms with van der Waals surface area (Å²) < 4.78 is 10.2. The lowest BCUT2D eigenvalue weighted by atomic mass is 9.34. The minimum Gasteiger partial charge on any atom is -0.310 e. The van der Waals surface area contributed by atoms with Crippen molar-refractivity contribution in [1.29, 1.82) is 0 Å². The number of hydrogen-bond acceptors (Lipinski definition) is 3. The second-order valence-electron chi connectivity index (χ2n) is 30.6. The minimum absolute atomic E-state index is 0.0919. The average Bonchev–Trinajstić information content (AvgIpc) is 1.61. The molecular formula is C99H62B2N6S. The van der Waals surface area contributed by atoms with Gasteiger partial charge in [-0.15, -0.1) is 0 Å². The molecule has 16 aromatic carbocycles. The second kappa shape index (κ2) is 21.5. The van der Waals surface area contributed by atoms with Crippen LogP contribution in [0.25, 0.3) is 132 Å². The highest BCUT2D eigenvalue weighted by Crippen LogP contribution is 2.54. The molecular weight excluding hydrogens is 1330 g/mol. The predicted molar refractivity (Wildman–Crippen MR) is 456 cm³/mol. The zero-order valence-electron chi connectivity index (χ0n) is 59.1. The molecule has 10 heterocycles. The molecule has 6 aliphatic rings. The maximum absolute atomic E-state index is 2.56. The molecule has 0 radical (unpaired) electrons. The molecule has 0 bridgehead atoms. The number of nitrogens with zero attached hydrogens (tertiary/aromatic N) is 6. The molecule has 0 N–H and O–H groups in total. The van der Waals surface area contributed by atoms with E-state index in [4.69, 9.17) is 0 Å². The summed E-state index contributed by atoms with van der Waals surface area (Å²) >= 11 is 1.85. The highest BCUT2D eigenvalue weighted by atomic mass is 32.2. The Morgan fingerprint density at radius 1 is 0.241 bits per heavy atom. The zero-order valence-corrected chi connectivity index (χ0v) is 59.9. The monoisotopic (exact) mass is 1390 g/mol. The number of fused-ring (bicyclic) bond motifs is 24. The summed E-state index contributed by atoms with van der Waals surface area (Å²) in [5, 5.41) is 10.5. The van der Waals surface area contributed by atoms with Gasteiger partial charge in [-0.1, -0.05) is 256 Å². The van der Waals surface area contributed by atoms with Crippen LogP contribution in [0, 0.1) is 0 Å². The first-order valence-corrected chi connectivity index (χ1v) is 38.5. The summed E-state index contributed by atoms with van der Waals surface area (Å²) in [6.45, 7) is 4.96. The molecule has 0 spiro atoms. The van der Waals surface area contributed by atoms with Gasteiger partial charge < -0.3 is 28.1 Å². The zero-order chi connectivity index (χ0) is 70.5. The number of para-hydroxylation sites is 12. The van der Waals surface area contributed by atoms with E-state index in [0.717, 1.165) is 11.4 Å². The molecule has 6 nitrogen and oxygen atoms in total. The van der Waals surface area contributed by atoms with Crippen LogP contribution in [0.3, 0.4) is 0 Å². The summed E-state index contributed by atoms with van der Waals surface area (Å²) in [7, 11) is 0. The fourth-order valence-electron chi connectivity index (χ4n) is 20.5. The molecule has 0 unspecified atom stereocenters. The van der Waals surface area contributed by atoms with Gasteiger partial charge in [-0.2, -0.15) is 0 Å². The Morgan fingerprint density at radius 3 is 0.861 bits per heavy atom. The molecule has 4 aromatic heterocycles. The van der Waals surface area contributed by atoms with Gasteiger partial charge in [-0.3, -0.25) is 0 Å².